The van der Waals surface area contributed by atoms with Crippen molar-refractivity contribution in [3.63, 3.8) is 0 Å². The Morgan fingerprint density at radius 1 is 1.12 bits per heavy atom. The number of hydrogen-bond donors (Lipinski definition) is 1. The predicted molar refractivity (Wildman–Crippen MR) is 69.8 cm³/mol. The number of carbonyl (C=O) groups excluding carboxylic acids is 1. The van der Waals surface area contributed by atoms with Crippen molar-refractivity contribution in [2.45, 2.75) is 58.5 Å². The summed E-state index contributed by atoms with van der Waals surface area (Å²) in [4.78, 5) is 13.9. The lowest BCUT2D eigenvalue weighted by Gasteiger charge is -2.35. The van der Waals surface area contributed by atoms with Gasteiger partial charge in [0.2, 0.25) is 5.91 Å². The second-order valence-corrected chi connectivity index (χ2v) is 6.05. The maximum atomic E-state index is 11.9. The van der Waals surface area contributed by atoms with Crippen molar-refractivity contribution in [3.05, 3.63) is 0 Å². The van der Waals surface area contributed by atoms with Crippen LogP contribution in [0.25, 0.3) is 0 Å². The predicted octanol–water partition coefficient (Wildman–Crippen LogP) is 2.02. The van der Waals surface area contributed by atoms with Crippen molar-refractivity contribution in [3.8, 4) is 0 Å². The molecule has 1 N–H and O–H groups in total. The summed E-state index contributed by atoms with van der Waals surface area (Å²) >= 11 is 0. The molecule has 17 heavy (non-hydrogen) atoms. The lowest BCUT2D eigenvalue weighted by atomic mass is 10.0. The van der Waals surface area contributed by atoms with E-state index >= 15 is 0 Å². The third-order valence-electron chi connectivity index (χ3n) is 4.13. The van der Waals surface area contributed by atoms with E-state index in [1.165, 1.54) is 12.8 Å². The van der Waals surface area contributed by atoms with Gasteiger partial charge < -0.3 is 10.2 Å². The van der Waals surface area contributed by atoms with Gasteiger partial charge in [0, 0.05) is 31.1 Å². The van der Waals surface area contributed by atoms with Crippen LogP contribution in [0.2, 0.25) is 0 Å². The molecule has 1 amide bonds. The smallest absolute Gasteiger partial charge is 0.225 e. The van der Waals surface area contributed by atoms with E-state index in [1.54, 1.807) is 0 Å². The molecule has 1 unspecified atom stereocenters. The summed E-state index contributed by atoms with van der Waals surface area (Å²) in [5.41, 5.74) is 0. The first-order chi connectivity index (χ1) is 8.08. The summed E-state index contributed by atoms with van der Waals surface area (Å²) in [6, 6.07) is 1.30. The van der Waals surface area contributed by atoms with Crippen LogP contribution in [0.4, 0.5) is 0 Å². The van der Waals surface area contributed by atoms with E-state index in [0.29, 0.717) is 18.0 Å². The van der Waals surface area contributed by atoms with E-state index in [1.807, 2.05) is 18.7 Å². The van der Waals surface area contributed by atoms with Gasteiger partial charge in [0.25, 0.3) is 0 Å². The fourth-order valence-corrected chi connectivity index (χ4v) is 2.74. The van der Waals surface area contributed by atoms with Gasteiger partial charge in [0.05, 0.1) is 0 Å². The molecule has 0 aromatic carbocycles. The molecule has 1 saturated heterocycles. The van der Waals surface area contributed by atoms with E-state index < -0.39 is 0 Å². The molecule has 2 rings (SSSR count). The van der Waals surface area contributed by atoms with Gasteiger partial charge in [-0.1, -0.05) is 13.8 Å². The molecule has 0 aromatic rings. The summed E-state index contributed by atoms with van der Waals surface area (Å²) in [7, 11) is 0. The van der Waals surface area contributed by atoms with Gasteiger partial charge in [0.1, 0.15) is 0 Å². The zero-order chi connectivity index (χ0) is 12.4. The van der Waals surface area contributed by atoms with Gasteiger partial charge in [-0.15, -0.1) is 0 Å². The van der Waals surface area contributed by atoms with Crippen molar-refractivity contribution < 1.29 is 4.79 Å². The van der Waals surface area contributed by atoms with Gasteiger partial charge in [-0.25, -0.2) is 0 Å². The van der Waals surface area contributed by atoms with Crippen LogP contribution in [0.5, 0.6) is 0 Å². The van der Waals surface area contributed by atoms with Crippen LogP contribution in [0, 0.1) is 11.8 Å². The maximum absolute atomic E-state index is 11.9. The Balaban J connectivity index is 1.71. The van der Waals surface area contributed by atoms with Crippen LogP contribution in [0.3, 0.4) is 0 Å². The molecule has 3 nitrogen and oxygen atoms in total. The van der Waals surface area contributed by atoms with Crippen LogP contribution in [0.15, 0.2) is 0 Å². The Bertz CT molecular complexity index is 265. The standard InChI is InChI=1S/C14H26N2O/c1-10(2)14(17)16-8-6-13(7-9-16)15-11(3)12-4-5-12/h10-13,15H,4-9H2,1-3H3. The van der Waals surface area contributed by atoms with Crippen LogP contribution < -0.4 is 5.32 Å². The van der Waals surface area contributed by atoms with E-state index in [9.17, 15) is 4.79 Å². The molecule has 0 spiro atoms. The Hall–Kier alpha value is -0.570. The average Bonchev–Trinajstić information content (AvgIpc) is 3.12. The third-order valence-corrected chi connectivity index (χ3v) is 4.13. The number of hydrogen-bond acceptors (Lipinski definition) is 2. The molecule has 0 aromatic heterocycles. The second kappa shape index (κ2) is 5.38. The molecule has 1 saturated carbocycles. The van der Waals surface area contributed by atoms with Gasteiger partial charge in [-0.3, -0.25) is 4.79 Å². The number of carbonyl (C=O) groups is 1. The lowest BCUT2D eigenvalue weighted by molar-refractivity contribution is -0.135. The van der Waals surface area contributed by atoms with Crippen LogP contribution in [0.1, 0.15) is 46.5 Å². The first-order valence-electron chi connectivity index (χ1n) is 7.12. The molecule has 2 fully saturated rings. The van der Waals surface area contributed by atoms with Crippen molar-refractivity contribution >= 4 is 5.91 Å². The molecule has 98 valence electrons. The SMILES string of the molecule is CC(C)C(=O)N1CCC(NC(C)C2CC2)CC1. The monoisotopic (exact) mass is 238 g/mol. The van der Waals surface area contributed by atoms with Crippen LogP contribution >= 0.6 is 0 Å². The highest BCUT2D eigenvalue weighted by Gasteiger charge is 2.31. The molecule has 1 aliphatic carbocycles. The van der Waals surface area contributed by atoms with E-state index in [4.69, 9.17) is 0 Å². The molecular weight excluding hydrogens is 212 g/mol. The molecule has 3 heteroatoms. The molecular formula is C14H26N2O. The number of rotatable bonds is 4. The second-order valence-electron chi connectivity index (χ2n) is 6.05. The Labute approximate surface area is 105 Å². The number of amides is 1. The Morgan fingerprint density at radius 3 is 2.18 bits per heavy atom. The Morgan fingerprint density at radius 2 is 1.71 bits per heavy atom. The minimum Gasteiger partial charge on any atom is -0.342 e. The van der Waals surface area contributed by atoms with E-state index in [2.05, 4.69) is 12.2 Å². The van der Waals surface area contributed by atoms with Gasteiger partial charge in [-0.05, 0) is 38.5 Å². The summed E-state index contributed by atoms with van der Waals surface area (Å²) < 4.78 is 0. The quantitative estimate of drug-likeness (QED) is 0.812. The van der Waals surface area contributed by atoms with Crippen molar-refractivity contribution in [1.29, 1.82) is 0 Å². The highest BCUT2D eigenvalue weighted by atomic mass is 16.2. The minimum atomic E-state index is 0.143. The van der Waals surface area contributed by atoms with Gasteiger partial charge in [-0.2, -0.15) is 0 Å². The first-order valence-corrected chi connectivity index (χ1v) is 7.12. The highest BCUT2D eigenvalue weighted by molar-refractivity contribution is 5.78. The molecule has 1 atom stereocenters. The summed E-state index contributed by atoms with van der Waals surface area (Å²) in [5.74, 6) is 1.38. The summed E-state index contributed by atoms with van der Waals surface area (Å²) in [6.07, 6.45) is 5.04. The van der Waals surface area contributed by atoms with E-state index in [0.717, 1.165) is 31.8 Å². The van der Waals surface area contributed by atoms with Crippen LogP contribution in [-0.2, 0) is 4.79 Å². The zero-order valence-electron chi connectivity index (χ0n) is 11.4. The molecule has 0 radical (unpaired) electrons. The Kier molecular flexibility index (Phi) is 4.08. The fraction of sp³-hybridized carbons (Fsp3) is 0.929. The number of nitrogens with zero attached hydrogens (tertiary/aromatic N) is 1. The number of piperidine rings is 1. The number of nitrogens with one attached hydrogen (secondary N) is 1. The van der Waals surface area contributed by atoms with Gasteiger partial charge in [0.15, 0.2) is 0 Å². The fourth-order valence-electron chi connectivity index (χ4n) is 2.74. The topological polar surface area (TPSA) is 32.3 Å². The third kappa shape index (κ3) is 3.44. The maximum Gasteiger partial charge on any atom is 0.225 e. The molecule has 0 bridgehead atoms. The molecule has 1 aliphatic heterocycles. The van der Waals surface area contributed by atoms with Crippen LogP contribution in [-0.4, -0.2) is 36.0 Å². The van der Waals surface area contributed by atoms with Crippen molar-refractivity contribution in [1.82, 2.24) is 10.2 Å². The van der Waals surface area contributed by atoms with Gasteiger partial charge >= 0.3 is 0 Å². The first kappa shape index (κ1) is 12.9. The normalized spacial score (nSPS) is 24.1. The largest absolute Gasteiger partial charge is 0.342 e. The highest BCUT2D eigenvalue weighted by Crippen LogP contribution is 2.32. The summed E-state index contributed by atoms with van der Waals surface area (Å²) in [5, 5.41) is 3.73. The van der Waals surface area contributed by atoms with Crippen molar-refractivity contribution in [2.24, 2.45) is 11.8 Å². The average molecular weight is 238 g/mol. The van der Waals surface area contributed by atoms with E-state index in [-0.39, 0.29) is 5.92 Å². The molecule has 1 heterocycles. The lowest BCUT2D eigenvalue weighted by Crippen LogP contribution is -2.48. The number of likely N-dealkylation sites (tertiary alicyclic amines) is 1. The van der Waals surface area contributed by atoms with Crippen molar-refractivity contribution in [2.75, 3.05) is 13.1 Å². The minimum absolute atomic E-state index is 0.143. The molecule has 2 aliphatic rings. The zero-order valence-corrected chi connectivity index (χ0v) is 11.4. The summed E-state index contributed by atoms with van der Waals surface area (Å²) in [6.45, 7) is 8.16.